The van der Waals surface area contributed by atoms with Gasteiger partial charge in [0.15, 0.2) is 0 Å². The summed E-state index contributed by atoms with van der Waals surface area (Å²) in [5.41, 5.74) is -7.49. The number of carbonyl (C=O) groups is 5. The van der Waals surface area contributed by atoms with Crippen LogP contribution in [0.3, 0.4) is 0 Å². The zero-order valence-electron chi connectivity index (χ0n) is 30.8. The number of hydrogen-bond acceptors (Lipinski definition) is 8. The maximum Gasteiger partial charge on any atom is 0.428 e. The van der Waals surface area contributed by atoms with E-state index in [2.05, 4.69) is 10.6 Å². The smallest absolute Gasteiger partial charge is 0.428 e. The van der Waals surface area contributed by atoms with Crippen LogP contribution in [0.15, 0.2) is 30.4 Å². The lowest BCUT2D eigenvalue weighted by Crippen LogP contribution is -2.65. The van der Waals surface area contributed by atoms with Gasteiger partial charge in [-0.15, -0.1) is 0 Å². The molecular formula is C36H44F7N5O8. The Kier molecular flexibility index (Phi) is 11.9. The number of alkyl carbamates (subject to hydrolysis) is 1. The molecule has 310 valence electrons. The average Bonchev–Trinajstić information content (AvgIpc) is 3.38. The molecule has 1 aliphatic carbocycles. The standard InChI is InChI=1S/C36H44F7N5O8/c1-32(2,3)56-30(52)45-25-13-8-6-4-5-7-11-21-15-33(21,29(51)44-19-34(54,35(38,39)40)36(41,42)43)46-27(49)26-14-22(17-48(26)28(25)50)55-31(53)47-16-20-10-9-12-24(37)23(20)18-47/h7,9-12,21-22,25-26,54H,4-6,8,13-19H2,1-3H3,(H,44,51)(H,45,52)(H,46,49)/t21-,22-,25+,26+,33-/m1/s1. The summed E-state index contributed by atoms with van der Waals surface area (Å²) in [6.45, 7) is 2.02. The minimum atomic E-state index is -6.23. The molecule has 1 saturated carbocycles. The third kappa shape index (κ3) is 9.15. The molecule has 0 bridgehead atoms. The predicted octanol–water partition coefficient (Wildman–Crippen LogP) is 4.51. The van der Waals surface area contributed by atoms with Crippen molar-refractivity contribution in [2.45, 2.75) is 126 Å². The number of aliphatic hydroxyl groups is 1. The first kappa shape index (κ1) is 42.5. The maximum atomic E-state index is 14.4. The highest BCUT2D eigenvalue weighted by atomic mass is 19.4. The molecule has 0 radical (unpaired) electrons. The Balaban J connectivity index is 1.42. The van der Waals surface area contributed by atoms with E-state index in [1.165, 1.54) is 28.4 Å². The molecule has 0 unspecified atom stereocenters. The van der Waals surface area contributed by atoms with E-state index in [4.69, 9.17) is 9.47 Å². The topological polar surface area (TPSA) is 167 Å². The largest absolute Gasteiger partial charge is 0.444 e. The van der Waals surface area contributed by atoms with E-state index < -0.39 is 102 Å². The summed E-state index contributed by atoms with van der Waals surface area (Å²) in [6.07, 6.45) is -10.8. The third-order valence-electron chi connectivity index (χ3n) is 10.2. The van der Waals surface area contributed by atoms with Crippen LogP contribution in [0.25, 0.3) is 0 Å². The van der Waals surface area contributed by atoms with Crippen molar-refractivity contribution in [2.75, 3.05) is 13.1 Å². The van der Waals surface area contributed by atoms with Gasteiger partial charge in [0.1, 0.15) is 35.1 Å². The summed E-state index contributed by atoms with van der Waals surface area (Å²) in [5.74, 6) is -4.70. The van der Waals surface area contributed by atoms with Crippen LogP contribution in [-0.2, 0) is 36.9 Å². The predicted molar refractivity (Wildman–Crippen MR) is 180 cm³/mol. The van der Waals surface area contributed by atoms with Gasteiger partial charge in [-0.3, -0.25) is 19.3 Å². The summed E-state index contributed by atoms with van der Waals surface area (Å²) in [6, 6.07) is 1.59. The number of allylic oxidation sites excluding steroid dienone is 1. The monoisotopic (exact) mass is 807 g/mol. The third-order valence-corrected chi connectivity index (χ3v) is 10.2. The van der Waals surface area contributed by atoms with E-state index in [1.807, 2.05) is 0 Å². The molecule has 1 aromatic rings. The molecule has 1 saturated heterocycles. The van der Waals surface area contributed by atoms with Crippen LogP contribution in [0.2, 0.25) is 0 Å². The van der Waals surface area contributed by atoms with Crippen molar-refractivity contribution < 1.29 is 69.3 Å². The van der Waals surface area contributed by atoms with Gasteiger partial charge in [-0.2, -0.15) is 26.3 Å². The van der Waals surface area contributed by atoms with Crippen LogP contribution in [0, 0.1) is 11.7 Å². The van der Waals surface area contributed by atoms with Crippen molar-refractivity contribution in [3.05, 3.63) is 47.3 Å². The number of amides is 5. The Labute approximate surface area is 317 Å². The van der Waals surface area contributed by atoms with Gasteiger partial charge >= 0.3 is 24.5 Å². The molecule has 13 nitrogen and oxygen atoms in total. The van der Waals surface area contributed by atoms with Crippen LogP contribution in [0.5, 0.6) is 0 Å². The number of fused-ring (bicyclic) bond motifs is 3. The first-order valence-corrected chi connectivity index (χ1v) is 18.1. The fourth-order valence-electron chi connectivity index (χ4n) is 7.07. The molecule has 5 rings (SSSR count). The molecule has 0 aromatic heterocycles. The molecule has 0 spiro atoms. The summed E-state index contributed by atoms with van der Waals surface area (Å²) in [7, 11) is 0. The van der Waals surface area contributed by atoms with Gasteiger partial charge in [-0.05, 0) is 58.1 Å². The van der Waals surface area contributed by atoms with Gasteiger partial charge in [0.2, 0.25) is 17.7 Å². The summed E-state index contributed by atoms with van der Waals surface area (Å²) >= 11 is 0. The second-order valence-corrected chi connectivity index (χ2v) is 15.6. The molecule has 5 atom stereocenters. The van der Waals surface area contributed by atoms with Crippen molar-refractivity contribution in [3.8, 4) is 0 Å². The molecule has 5 amide bonds. The second-order valence-electron chi connectivity index (χ2n) is 15.6. The number of halogens is 7. The molecule has 1 aromatic carbocycles. The van der Waals surface area contributed by atoms with Gasteiger partial charge in [0, 0.05) is 24.4 Å². The molecular weight excluding hydrogens is 763 g/mol. The van der Waals surface area contributed by atoms with Crippen LogP contribution < -0.4 is 16.0 Å². The number of hydrogen-bond donors (Lipinski definition) is 4. The van der Waals surface area contributed by atoms with E-state index in [0.29, 0.717) is 31.2 Å². The molecule has 4 aliphatic rings. The highest BCUT2D eigenvalue weighted by Crippen LogP contribution is 2.47. The first-order chi connectivity index (χ1) is 26.0. The lowest BCUT2D eigenvalue weighted by atomic mass is 10.0. The zero-order valence-corrected chi connectivity index (χ0v) is 30.8. The Morgan fingerprint density at radius 1 is 1.02 bits per heavy atom. The van der Waals surface area contributed by atoms with Crippen molar-refractivity contribution in [3.63, 3.8) is 0 Å². The van der Waals surface area contributed by atoms with Crippen LogP contribution in [0.1, 0.15) is 76.8 Å². The van der Waals surface area contributed by atoms with Gasteiger partial charge in [0.05, 0.1) is 19.6 Å². The number of ether oxygens (including phenoxy) is 2. The number of nitrogens with one attached hydrogen (secondary N) is 3. The van der Waals surface area contributed by atoms with E-state index >= 15 is 0 Å². The van der Waals surface area contributed by atoms with Crippen molar-refractivity contribution >= 4 is 29.9 Å². The fraction of sp³-hybridized carbons (Fsp3) is 0.639. The van der Waals surface area contributed by atoms with E-state index in [-0.39, 0.29) is 37.9 Å². The Morgan fingerprint density at radius 2 is 1.71 bits per heavy atom. The number of carbonyl (C=O) groups excluding carboxylic acids is 5. The SMILES string of the molecule is CC(C)(C)OC(=O)N[C@H]1CCCCCC=C[C@@H]2C[C@@]2(C(=O)NCC(O)(C(F)(F)F)C(F)(F)F)NC(=O)[C@@H]2C[C@@H](OC(=O)N3Cc4cccc(F)c4C3)CN2C1=O. The minimum Gasteiger partial charge on any atom is -0.444 e. The molecule has 4 N–H and O–H groups in total. The van der Waals surface area contributed by atoms with Gasteiger partial charge < -0.3 is 35.4 Å². The van der Waals surface area contributed by atoms with Gasteiger partial charge in [-0.25, -0.2) is 14.0 Å². The molecule has 2 fully saturated rings. The van der Waals surface area contributed by atoms with Gasteiger partial charge in [0.25, 0.3) is 5.60 Å². The van der Waals surface area contributed by atoms with E-state index in [9.17, 15) is 59.8 Å². The molecule has 3 heterocycles. The van der Waals surface area contributed by atoms with Crippen molar-refractivity contribution in [1.82, 2.24) is 25.8 Å². The molecule has 56 heavy (non-hydrogen) atoms. The summed E-state index contributed by atoms with van der Waals surface area (Å²) in [5, 5.41) is 16.1. The Morgan fingerprint density at radius 3 is 2.36 bits per heavy atom. The van der Waals surface area contributed by atoms with Crippen LogP contribution in [0.4, 0.5) is 40.3 Å². The van der Waals surface area contributed by atoms with Crippen molar-refractivity contribution in [1.29, 1.82) is 0 Å². The Hall–Kier alpha value is -4.62. The average molecular weight is 808 g/mol. The summed E-state index contributed by atoms with van der Waals surface area (Å²) < 4.78 is 106. The number of alkyl halides is 6. The van der Waals surface area contributed by atoms with Crippen LogP contribution >= 0.6 is 0 Å². The second kappa shape index (κ2) is 15.7. The minimum absolute atomic E-state index is 0.0113. The van der Waals surface area contributed by atoms with Gasteiger partial charge in [-0.1, -0.05) is 37.1 Å². The van der Waals surface area contributed by atoms with Crippen LogP contribution in [-0.4, -0.2) is 105 Å². The highest BCUT2D eigenvalue weighted by molar-refractivity contribution is 5.98. The maximum absolute atomic E-state index is 14.4. The normalized spacial score (nSPS) is 26.2. The molecule has 3 aliphatic heterocycles. The van der Waals surface area contributed by atoms with Crippen molar-refractivity contribution in [2.24, 2.45) is 5.92 Å². The number of benzene rings is 1. The first-order valence-electron chi connectivity index (χ1n) is 18.1. The fourth-order valence-corrected chi connectivity index (χ4v) is 7.07. The Bertz CT molecular complexity index is 1720. The highest BCUT2D eigenvalue weighted by Gasteiger charge is 2.71. The number of nitrogens with zero attached hydrogens (tertiary/aromatic N) is 2. The van der Waals surface area contributed by atoms with E-state index in [0.717, 1.165) is 4.90 Å². The quantitative estimate of drug-likeness (QED) is 0.249. The lowest BCUT2D eigenvalue weighted by Gasteiger charge is -2.33. The molecule has 20 heteroatoms. The summed E-state index contributed by atoms with van der Waals surface area (Å²) in [4.78, 5) is 70.2. The lowest BCUT2D eigenvalue weighted by molar-refractivity contribution is -0.364. The van der Waals surface area contributed by atoms with E-state index in [1.54, 1.807) is 32.9 Å². The zero-order chi connectivity index (χ0) is 41.4. The number of rotatable bonds is 5.